The molecule has 2 amide bonds. The molecule has 0 spiro atoms. The summed E-state index contributed by atoms with van der Waals surface area (Å²) in [6, 6.07) is 18.2. The Morgan fingerprint density at radius 1 is 1.02 bits per heavy atom. The van der Waals surface area contributed by atoms with Crippen molar-refractivity contribution in [2.45, 2.75) is 38.4 Å². The number of carboxylic acid groups (broad SMARTS) is 1. The third-order valence-corrected chi connectivity index (χ3v) is 10.8. The normalized spacial score (nSPS) is 17.9. The Kier molecular flexibility index (Phi) is 10.7. The van der Waals surface area contributed by atoms with Gasteiger partial charge in [-0.15, -0.1) is 0 Å². The third-order valence-electron chi connectivity index (χ3n) is 9.97. The fourth-order valence-electron chi connectivity index (χ4n) is 6.89. The first-order valence-corrected chi connectivity index (χ1v) is 18.1. The number of nitrogens with one attached hydrogen (secondary N) is 2. The number of rotatable bonds is 13. The summed E-state index contributed by atoms with van der Waals surface area (Å²) in [4.78, 5) is 47.5. The zero-order valence-electron chi connectivity index (χ0n) is 28.9. The highest BCUT2D eigenvalue weighted by Gasteiger charge is 2.35. The van der Waals surface area contributed by atoms with Crippen LogP contribution in [0.15, 0.2) is 77.9 Å². The van der Waals surface area contributed by atoms with Crippen LogP contribution in [0.1, 0.15) is 30.4 Å². The molecule has 274 valence electrons. The lowest BCUT2D eigenvalue weighted by molar-refractivity contribution is -0.119. The third kappa shape index (κ3) is 7.72. The number of pyridine rings is 2. The number of fused-ring (bicyclic) bond motifs is 1. The van der Waals surface area contributed by atoms with Gasteiger partial charge in [-0.25, -0.2) is 14.8 Å². The molecule has 3 atom stereocenters. The lowest BCUT2D eigenvalue weighted by Crippen LogP contribution is -2.41. The molecule has 0 bridgehead atoms. The molecule has 1 aliphatic heterocycles. The number of hydrogen-bond donors (Lipinski definition) is 4. The summed E-state index contributed by atoms with van der Waals surface area (Å²) in [5, 5.41) is 26.1. The number of halogens is 2. The molecule has 4 heterocycles. The Morgan fingerprint density at radius 2 is 1.75 bits per heavy atom. The number of benzene rings is 2. The van der Waals surface area contributed by atoms with Gasteiger partial charge in [-0.2, -0.15) is 0 Å². The van der Waals surface area contributed by atoms with Gasteiger partial charge in [0.2, 0.25) is 11.8 Å². The van der Waals surface area contributed by atoms with Gasteiger partial charge in [0.05, 0.1) is 29.4 Å². The molecule has 14 heteroatoms. The molecule has 2 unspecified atom stereocenters. The Hall–Kier alpha value is -5.01. The molecule has 2 fully saturated rings. The topological polar surface area (TPSA) is 158 Å². The average molecular weight is 758 g/mol. The molecule has 5 aromatic rings. The van der Waals surface area contributed by atoms with Crippen LogP contribution in [0.25, 0.3) is 39.2 Å². The van der Waals surface area contributed by atoms with Crippen molar-refractivity contribution in [2.75, 3.05) is 26.8 Å². The lowest BCUT2D eigenvalue weighted by atomic mass is 9.97. The molecular formula is C39H38Cl2N6O6. The van der Waals surface area contributed by atoms with Crippen molar-refractivity contribution >= 4 is 40.8 Å². The van der Waals surface area contributed by atoms with Crippen LogP contribution in [0.4, 0.5) is 4.79 Å². The molecule has 0 radical (unpaired) electrons. The van der Waals surface area contributed by atoms with Crippen molar-refractivity contribution in [3.63, 3.8) is 0 Å². The van der Waals surface area contributed by atoms with E-state index < -0.39 is 6.09 Å². The minimum Gasteiger partial charge on any atom is -0.481 e. The monoisotopic (exact) mass is 756 g/mol. The minimum absolute atomic E-state index is 0.0263. The van der Waals surface area contributed by atoms with E-state index >= 15 is 0 Å². The SMILES string of the molecule is COc1nc(-c2cccc(-c3cccc(-c4ccn5c(=O)c(CNCC6CC6CO)cnc5c4)c3Cl)c2Cl)ccc1CN(C[C@@H]1CCC(=O)N1)C(=O)O. The van der Waals surface area contributed by atoms with E-state index in [4.69, 9.17) is 32.9 Å². The van der Waals surface area contributed by atoms with Gasteiger partial charge in [-0.05, 0) is 61.1 Å². The molecule has 2 aliphatic rings. The smallest absolute Gasteiger partial charge is 0.407 e. The molecule has 53 heavy (non-hydrogen) atoms. The molecule has 1 saturated heterocycles. The Morgan fingerprint density at radius 3 is 2.43 bits per heavy atom. The zero-order chi connectivity index (χ0) is 37.2. The number of hydrogen-bond acceptors (Lipinski definition) is 8. The summed E-state index contributed by atoms with van der Waals surface area (Å²) in [6.45, 7) is 1.53. The molecule has 1 saturated carbocycles. The maximum Gasteiger partial charge on any atom is 0.407 e. The van der Waals surface area contributed by atoms with Gasteiger partial charge in [0.1, 0.15) is 5.65 Å². The summed E-state index contributed by atoms with van der Waals surface area (Å²) in [5.74, 6) is 0.979. The molecular weight excluding hydrogens is 719 g/mol. The van der Waals surface area contributed by atoms with Crippen LogP contribution in [0.2, 0.25) is 10.0 Å². The first-order valence-electron chi connectivity index (χ1n) is 17.4. The number of carbonyl (C=O) groups excluding carboxylic acids is 1. The van der Waals surface area contributed by atoms with E-state index in [1.807, 2.05) is 48.5 Å². The first-order chi connectivity index (χ1) is 25.6. The lowest BCUT2D eigenvalue weighted by Gasteiger charge is -2.23. The second kappa shape index (κ2) is 15.5. The zero-order valence-corrected chi connectivity index (χ0v) is 30.4. The van der Waals surface area contributed by atoms with E-state index in [0.717, 1.165) is 24.1 Å². The van der Waals surface area contributed by atoms with Crippen LogP contribution >= 0.6 is 23.2 Å². The average Bonchev–Trinajstić information content (AvgIpc) is 3.80. The van der Waals surface area contributed by atoms with Crippen molar-refractivity contribution < 1.29 is 24.5 Å². The van der Waals surface area contributed by atoms with E-state index in [1.165, 1.54) is 16.4 Å². The fraction of sp³-hybridized carbons (Fsp3) is 0.308. The number of amides is 2. The maximum absolute atomic E-state index is 13.2. The fourth-order valence-corrected chi connectivity index (χ4v) is 7.55. The summed E-state index contributed by atoms with van der Waals surface area (Å²) >= 11 is 14.2. The number of carbonyl (C=O) groups is 2. The summed E-state index contributed by atoms with van der Waals surface area (Å²) < 4.78 is 7.11. The number of aliphatic hydroxyl groups excluding tert-OH is 1. The maximum atomic E-state index is 13.2. The molecule has 7 rings (SSSR count). The Bertz CT molecular complexity index is 2260. The van der Waals surface area contributed by atoms with Crippen LogP contribution < -0.4 is 20.9 Å². The molecule has 2 aromatic carbocycles. The number of nitrogens with zero attached hydrogens (tertiary/aromatic N) is 4. The van der Waals surface area contributed by atoms with Crippen LogP contribution in [-0.2, 0) is 17.9 Å². The van der Waals surface area contributed by atoms with Crippen molar-refractivity contribution in [3.8, 4) is 39.4 Å². The standard InChI is InChI=1S/C39H38Cl2N6O6/c1-53-37-23(19-46(39(51)52)20-27-9-11-34(49)44-27)8-10-32(45-37)31-7-3-6-30(36(31)41)29-5-2-4-28(35(29)40)22-12-13-47-33(15-22)43-18-26(38(47)50)17-42-16-24-14-25(24)21-48/h2-8,10,12-13,15,18,24-25,27,42,48H,9,11,14,16-17,19-21H2,1H3,(H,44,49)(H,51,52)/t24?,25?,27-/m0/s1. The van der Waals surface area contributed by atoms with Gasteiger partial charge in [-0.1, -0.05) is 59.6 Å². The predicted molar refractivity (Wildman–Crippen MR) is 202 cm³/mol. The number of methoxy groups -OCH3 is 1. The van der Waals surface area contributed by atoms with E-state index in [0.29, 0.717) is 80.4 Å². The summed E-state index contributed by atoms with van der Waals surface area (Å²) in [6.07, 6.45) is 4.15. The van der Waals surface area contributed by atoms with E-state index in [2.05, 4.69) is 15.6 Å². The number of aliphatic hydroxyl groups is 1. The molecule has 4 N–H and O–H groups in total. The Balaban J connectivity index is 1.13. The van der Waals surface area contributed by atoms with Gasteiger partial charge in [0.15, 0.2) is 0 Å². The summed E-state index contributed by atoms with van der Waals surface area (Å²) in [7, 11) is 1.47. The molecule has 3 aromatic heterocycles. The van der Waals surface area contributed by atoms with Crippen molar-refractivity contribution in [1.29, 1.82) is 0 Å². The van der Waals surface area contributed by atoms with Crippen molar-refractivity contribution in [3.05, 3.63) is 105 Å². The molecule has 12 nitrogen and oxygen atoms in total. The van der Waals surface area contributed by atoms with E-state index in [9.17, 15) is 24.6 Å². The van der Waals surface area contributed by atoms with Gasteiger partial charge < -0.3 is 30.5 Å². The van der Waals surface area contributed by atoms with Crippen LogP contribution in [0.5, 0.6) is 5.88 Å². The van der Waals surface area contributed by atoms with E-state index in [-0.39, 0.29) is 43.1 Å². The Labute approximate surface area is 315 Å². The highest BCUT2D eigenvalue weighted by atomic mass is 35.5. The number of ether oxygens (including phenoxy) is 1. The van der Waals surface area contributed by atoms with Crippen molar-refractivity contribution in [2.24, 2.45) is 11.8 Å². The second-order valence-electron chi connectivity index (χ2n) is 13.5. The predicted octanol–water partition coefficient (Wildman–Crippen LogP) is 5.88. The van der Waals surface area contributed by atoms with Gasteiger partial charge in [-0.3, -0.25) is 14.0 Å². The summed E-state index contributed by atoms with van der Waals surface area (Å²) in [5.41, 5.74) is 5.51. The van der Waals surface area contributed by atoms with Crippen LogP contribution in [0.3, 0.4) is 0 Å². The first kappa shape index (κ1) is 36.4. The quantitative estimate of drug-likeness (QED) is 0.115. The molecule has 1 aliphatic carbocycles. The van der Waals surface area contributed by atoms with Crippen LogP contribution in [0, 0.1) is 11.8 Å². The second-order valence-corrected chi connectivity index (χ2v) is 14.2. The highest BCUT2D eigenvalue weighted by Crippen LogP contribution is 2.42. The van der Waals surface area contributed by atoms with Gasteiger partial charge in [0.25, 0.3) is 5.56 Å². The van der Waals surface area contributed by atoms with Crippen molar-refractivity contribution in [1.82, 2.24) is 29.9 Å². The highest BCUT2D eigenvalue weighted by molar-refractivity contribution is 6.39. The largest absolute Gasteiger partial charge is 0.481 e. The van der Waals surface area contributed by atoms with E-state index in [1.54, 1.807) is 24.5 Å². The minimum atomic E-state index is -1.11. The van der Waals surface area contributed by atoms with Gasteiger partial charge >= 0.3 is 6.09 Å². The number of aromatic nitrogens is 3. The van der Waals surface area contributed by atoms with Gasteiger partial charge in [0, 0.05) is 77.9 Å². The van der Waals surface area contributed by atoms with Crippen LogP contribution in [-0.4, -0.2) is 74.3 Å².